The van der Waals surface area contributed by atoms with Crippen molar-refractivity contribution in [3.8, 4) is 5.75 Å². The van der Waals surface area contributed by atoms with E-state index in [9.17, 15) is 0 Å². The molecule has 1 aromatic rings. The molecule has 19 heavy (non-hydrogen) atoms. The van der Waals surface area contributed by atoms with Gasteiger partial charge in [0.15, 0.2) is 0 Å². The molecule has 108 valence electrons. The number of hydrogen-bond donors (Lipinski definition) is 1. The van der Waals surface area contributed by atoms with Crippen LogP contribution in [0.4, 0.5) is 0 Å². The minimum Gasteiger partial charge on any atom is -0.494 e. The highest BCUT2D eigenvalue weighted by molar-refractivity contribution is 5.34. The van der Waals surface area contributed by atoms with Crippen LogP contribution < -0.4 is 10.5 Å². The molecule has 1 rings (SSSR count). The maximum absolute atomic E-state index is 6.08. The molecule has 0 aromatic heterocycles. The Balaban J connectivity index is 2.46. The Morgan fingerprint density at radius 3 is 2.58 bits per heavy atom. The van der Waals surface area contributed by atoms with Crippen molar-refractivity contribution in [1.29, 1.82) is 0 Å². The van der Waals surface area contributed by atoms with Gasteiger partial charge in [0.05, 0.1) is 6.61 Å². The Kier molecular flexibility index (Phi) is 6.93. The zero-order valence-corrected chi connectivity index (χ0v) is 12.9. The molecule has 0 bridgehead atoms. The van der Waals surface area contributed by atoms with Crippen molar-refractivity contribution in [2.24, 2.45) is 11.7 Å². The minimum absolute atomic E-state index is 0.326. The van der Waals surface area contributed by atoms with Crippen LogP contribution in [-0.2, 0) is 6.42 Å². The summed E-state index contributed by atoms with van der Waals surface area (Å²) in [6.45, 7) is 9.46. The third-order valence-corrected chi connectivity index (χ3v) is 3.63. The Morgan fingerprint density at radius 1 is 1.26 bits per heavy atom. The largest absolute Gasteiger partial charge is 0.494 e. The molecule has 2 heteroatoms. The maximum atomic E-state index is 6.08. The molecular formula is C17H29NO. The molecule has 0 spiro atoms. The van der Waals surface area contributed by atoms with Gasteiger partial charge in [0, 0.05) is 6.04 Å². The lowest BCUT2D eigenvalue weighted by Gasteiger charge is -2.15. The lowest BCUT2D eigenvalue weighted by atomic mass is 9.96. The van der Waals surface area contributed by atoms with Gasteiger partial charge in [-0.3, -0.25) is 0 Å². The first-order valence-corrected chi connectivity index (χ1v) is 7.52. The van der Waals surface area contributed by atoms with E-state index in [2.05, 4.69) is 45.9 Å². The van der Waals surface area contributed by atoms with Gasteiger partial charge in [-0.2, -0.15) is 0 Å². The van der Waals surface area contributed by atoms with Crippen molar-refractivity contribution in [2.45, 2.75) is 59.4 Å². The third kappa shape index (κ3) is 5.65. The third-order valence-electron chi connectivity index (χ3n) is 3.63. The van der Waals surface area contributed by atoms with Crippen LogP contribution in [-0.4, -0.2) is 12.6 Å². The van der Waals surface area contributed by atoms with Gasteiger partial charge >= 0.3 is 0 Å². The average Bonchev–Trinajstić information content (AvgIpc) is 2.38. The topological polar surface area (TPSA) is 35.2 Å². The molecule has 0 aliphatic heterocycles. The molecule has 0 saturated heterocycles. The zero-order chi connectivity index (χ0) is 14.3. The summed E-state index contributed by atoms with van der Waals surface area (Å²) in [6, 6.07) is 6.75. The number of rotatable bonds is 8. The number of aryl methyl sites for hydroxylation is 2. The highest BCUT2D eigenvalue weighted by Gasteiger charge is 2.08. The summed E-state index contributed by atoms with van der Waals surface area (Å²) < 4.78 is 5.65. The molecule has 1 unspecified atom stereocenters. The fourth-order valence-corrected chi connectivity index (χ4v) is 2.12. The number of benzene rings is 1. The molecule has 0 amide bonds. The SMILES string of the molecule is CCCOc1ccc(CCCC(N)C(C)C)c(C)c1. The standard InChI is InChI=1S/C17H29NO/c1-5-11-19-16-10-9-15(14(4)12-16)7-6-8-17(18)13(2)3/h9-10,12-13,17H,5-8,11,18H2,1-4H3. The Morgan fingerprint density at radius 2 is 2.00 bits per heavy atom. The first kappa shape index (κ1) is 16.0. The first-order valence-electron chi connectivity index (χ1n) is 7.52. The molecule has 1 aromatic carbocycles. The summed E-state index contributed by atoms with van der Waals surface area (Å²) in [5, 5.41) is 0. The minimum atomic E-state index is 0.326. The van der Waals surface area contributed by atoms with Crippen LogP contribution in [0.25, 0.3) is 0 Å². The van der Waals surface area contributed by atoms with E-state index in [1.807, 2.05) is 0 Å². The average molecular weight is 263 g/mol. The van der Waals surface area contributed by atoms with Crippen LogP contribution >= 0.6 is 0 Å². The number of nitrogens with two attached hydrogens (primary N) is 1. The summed E-state index contributed by atoms with van der Waals surface area (Å²) in [6.07, 6.45) is 4.43. The first-order chi connectivity index (χ1) is 9.04. The van der Waals surface area contributed by atoms with E-state index in [4.69, 9.17) is 10.5 Å². The van der Waals surface area contributed by atoms with Gasteiger partial charge in [-0.05, 0) is 61.8 Å². The monoisotopic (exact) mass is 263 g/mol. The summed E-state index contributed by atoms with van der Waals surface area (Å²) in [4.78, 5) is 0. The van der Waals surface area contributed by atoms with Crippen LogP contribution in [0.3, 0.4) is 0 Å². The Hall–Kier alpha value is -1.02. The van der Waals surface area contributed by atoms with Gasteiger partial charge < -0.3 is 10.5 Å². The normalized spacial score (nSPS) is 12.7. The van der Waals surface area contributed by atoms with Crippen LogP contribution in [0, 0.1) is 12.8 Å². The van der Waals surface area contributed by atoms with Crippen LogP contribution in [0.1, 0.15) is 51.2 Å². The molecule has 0 saturated carbocycles. The van der Waals surface area contributed by atoms with Crippen molar-refractivity contribution in [2.75, 3.05) is 6.61 Å². The molecule has 0 aliphatic rings. The van der Waals surface area contributed by atoms with E-state index in [-0.39, 0.29) is 0 Å². The van der Waals surface area contributed by atoms with E-state index in [1.165, 1.54) is 11.1 Å². The second-order valence-electron chi connectivity index (χ2n) is 5.74. The predicted octanol–water partition coefficient (Wildman–Crippen LogP) is 4.09. The quantitative estimate of drug-likeness (QED) is 0.766. The fraction of sp³-hybridized carbons (Fsp3) is 0.647. The Bertz CT molecular complexity index is 374. The van der Waals surface area contributed by atoms with Crippen molar-refractivity contribution in [1.82, 2.24) is 0 Å². The van der Waals surface area contributed by atoms with E-state index in [0.29, 0.717) is 12.0 Å². The van der Waals surface area contributed by atoms with Crippen LogP contribution in [0.15, 0.2) is 18.2 Å². The summed E-state index contributed by atoms with van der Waals surface area (Å²) in [5.41, 5.74) is 8.82. The van der Waals surface area contributed by atoms with E-state index >= 15 is 0 Å². The number of ether oxygens (including phenoxy) is 1. The van der Waals surface area contributed by atoms with Crippen molar-refractivity contribution in [3.63, 3.8) is 0 Å². The second kappa shape index (κ2) is 8.21. The molecule has 1 atom stereocenters. The lowest BCUT2D eigenvalue weighted by molar-refractivity contribution is 0.317. The van der Waals surface area contributed by atoms with Crippen molar-refractivity contribution in [3.05, 3.63) is 29.3 Å². The van der Waals surface area contributed by atoms with E-state index in [1.54, 1.807) is 0 Å². The van der Waals surface area contributed by atoms with Gasteiger partial charge in [0.2, 0.25) is 0 Å². The lowest BCUT2D eigenvalue weighted by Crippen LogP contribution is -2.26. The molecule has 0 heterocycles. The smallest absolute Gasteiger partial charge is 0.119 e. The summed E-state index contributed by atoms with van der Waals surface area (Å²) in [7, 11) is 0. The van der Waals surface area contributed by atoms with Crippen LogP contribution in [0.5, 0.6) is 5.75 Å². The summed E-state index contributed by atoms with van der Waals surface area (Å²) >= 11 is 0. The summed E-state index contributed by atoms with van der Waals surface area (Å²) in [5.74, 6) is 1.56. The fourth-order valence-electron chi connectivity index (χ4n) is 2.12. The molecule has 0 aliphatic carbocycles. The maximum Gasteiger partial charge on any atom is 0.119 e. The van der Waals surface area contributed by atoms with Gasteiger partial charge in [-0.25, -0.2) is 0 Å². The zero-order valence-electron chi connectivity index (χ0n) is 12.9. The van der Waals surface area contributed by atoms with E-state index in [0.717, 1.165) is 38.0 Å². The number of hydrogen-bond acceptors (Lipinski definition) is 2. The van der Waals surface area contributed by atoms with Crippen molar-refractivity contribution < 1.29 is 4.74 Å². The van der Waals surface area contributed by atoms with E-state index < -0.39 is 0 Å². The highest BCUT2D eigenvalue weighted by atomic mass is 16.5. The predicted molar refractivity (Wildman–Crippen MR) is 82.7 cm³/mol. The second-order valence-corrected chi connectivity index (χ2v) is 5.74. The molecule has 2 N–H and O–H groups in total. The molecule has 2 nitrogen and oxygen atoms in total. The van der Waals surface area contributed by atoms with Gasteiger partial charge in [-0.15, -0.1) is 0 Å². The highest BCUT2D eigenvalue weighted by Crippen LogP contribution is 2.19. The van der Waals surface area contributed by atoms with Gasteiger partial charge in [-0.1, -0.05) is 26.8 Å². The van der Waals surface area contributed by atoms with Crippen molar-refractivity contribution >= 4 is 0 Å². The van der Waals surface area contributed by atoms with Gasteiger partial charge in [0.25, 0.3) is 0 Å². The Labute approximate surface area is 118 Å². The van der Waals surface area contributed by atoms with Gasteiger partial charge in [0.1, 0.15) is 5.75 Å². The molecule has 0 fully saturated rings. The molecule has 0 radical (unpaired) electrons. The van der Waals surface area contributed by atoms with Crippen LogP contribution in [0.2, 0.25) is 0 Å². The molecular weight excluding hydrogens is 234 g/mol.